The number of nitrogens with one attached hydrogen (secondary N) is 1. The molecule has 2 unspecified atom stereocenters. The molecule has 0 aliphatic carbocycles. The molecular formula is C8H5F10NO2S. The Balaban J connectivity index is 3.94. The highest BCUT2D eigenvalue weighted by atomic mass is 32.2. The lowest BCUT2D eigenvalue weighted by molar-refractivity contribution is -0.234. The summed E-state index contributed by atoms with van der Waals surface area (Å²) < 4.78 is 151. The monoisotopic (exact) mass is 369 g/mol. The molecule has 0 aromatic carbocycles. The molecule has 14 heteroatoms. The molecule has 130 valence electrons. The Labute approximate surface area is 115 Å². The van der Waals surface area contributed by atoms with E-state index in [0.717, 1.165) is 5.32 Å². The lowest BCUT2D eigenvalue weighted by atomic mass is 9.91. The van der Waals surface area contributed by atoms with Crippen LogP contribution in [0.15, 0.2) is 11.7 Å². The van der Waals surface area contributed by atoms with E-state index in [2.05, 4.69) is 0 Å². The Morgan fingerprint density at radius 3 is 1.77 bits per heavy atom. The van der Waals surface area contributed by atoms with E-state index in [1.54, 1.807) is 0 Å². The van der Waals surface area contributed by atoms with Crippen LogP contribution in [0.4, 0.5) is 43.9 Å². The molecule has 1 heterocycles. The second-order valence-corrected chi connectivity index (χ2v) is 6.29. The molecule has 0 amide bonds. The van der Waals surface area contributed by atoms with E-state index in [1.807, 2.05) is 0 Å². The number of alkyl halides is 8. The maximum absolute atomic E-state index is 14.0. The van der Waals surface area contributed by atoms with Gasteiger partial charge in [0.15, 0.2) is 0 Å². The van der Waals surface area contributed by atoms with E-state index < -0.39 is 56.9 Å². The van der Waals surface area contributed by atoms with E-state index in [9.17, 15) is 52.3 Å². The van der Waals surface area contributed by atoms with Gasteiger partial charge in [-0.05, 0) is 0 Å². The van der Waals surface area contributed by atoms with Crippen LogP contribution in [-0.2, 0) is 9.84 Å². The van der Waals surface area contributed by atoms with Gasteiger partial charge in [-0.3, -0.25) is 5.32 Å². The maximum atomic E-state index is 14.0. The van der Waals surface area contributed by atoms with Crippen molar-refractivity contribution in [3.63, 3.8) is 0 Å². The van der Waals surface area contributed by atoms with Gasteiger partial charge in [-0.1, -0.05) is 0 Å². The fourth-order valence-corrected chi connectivity index (χ4v) is 3.26. The van der Waals surface area contributed by atoms with E-state index >= 15 is 0 Å². The van der Waals surface area contributed by atoms with Crippen LogP contribution in [0.3, 0.4) is 0 Å². The van der Waals surface area contributed by atoms with E-state index in [0.29, 0.717) is 0 Å². The van der Waals surface area contributed by atoms with Gasteiger partial charge in [0.05, 0.1) is 0 Å². The first-order valence-corrected chi connectivity index (χ1v) is 6.68. The van der Waals surface area contributed by atoms with Crippen LogP contribution in [0.1, 0.15) is 0 Å². The number of rotatable bonds is 0. The van der Waals surface area contributed by atoms with Gasteiger partial charge in [0, 0.05) is 6.54 Å². The molecule has 1 aliphatic heterocycles. The molecule has 0 radical (unpaired) electrons. The third-order valence-corrected chi connectivity index (χ3v) is 4.69. The SMILES string of the molecule is O=S1(=O)CNCC(F)(C(F)(F)F)C(=C(F)F)C1(F)C(F)(F)F. The standard InChI is InChI=1S/C8H5F10NO2S/c9-4(10)3-5(11,7(13,14)15)1-19-2-22(20,21)6(3,12)8(16,17)18/h19H,1-2H2. The summed E-state index contributed by atoms with van der Waals surface area (Å²) in [5, 5.41) is -5.17. The Morgan fingerprint density at radius 1 is 1.00 bits per heavy atom. The predicted octanol–water partition coefficient (Wildman–Crippen LogP) is 2.61. The highest BCUT2D eigenvalue weighted by Gasteiger charge is 2.78. The van der Waals surface area contributed by atoms with Crippen LogP contribution >= 0.6 is 0 Å². The van der Waals surface area contributed by atoms with Gasteiger partial charge in [0.25, 0.3) is 6.08 Å². The van der Waals surface area contributed by atoms with Crippen LogP contribution in [0.2, 0.25) is 0 Å². The van der Waals surface area contributed by atoms with Gasteiger partial charge in [0.2, 0.25) is 15.5 Å². The van der Waals surface area contributed by atoms with Crippen molar-refractivity contribution in [2.45, 2.75) is 23.0 Å². The highest BCUT2D eigenvalue weighted by Crippen LogP contribution is 2.55. The zero-order valence-corrected chi connectivity index (χ0v) is 10.7. The lowest BCUT2D eigenvalue weighted by Gasteiger charge is -2.34. The normalized spacial score (nSPS) is 33.5. The molecule has 0 saturated carbocycles. The molecule has 1 N–H and O–H groups in total. The van der Waals surface area contributed by atoms with Crippen molar-refractivity contribution in [3.05, 3.63) is 11.7 Å². The van der Waals surface area contributed by atoms with Gasteiger partial charge in [-0.15, -0.1) is 0 Å². The van der Waals surface area contributed by atoms with E-state index in [-0.39, 0.29) is 0 Å². The van der Waals surface area contributed by atoms with Gasteiger partial charge in [-0.2, -0.15) is 35.1 Å². The molecule has 22 heavy (non-hydrogen) atoms. The van der Waals surface area contributed by atoms with Crippen molar-refractivity contribution in [1.29, 1.82) is 0 Å². The van der Waals surface area contributed by atoms with Crippen LogP contribution in [0, 0.1) is 0 Å². The Kier molecular flexibility index (Phi) is 4.30. The summed E-state index contributed by atoms with van der Waals surface area (Å²) in [7, 11) is -6.32. The van der Waals surface area contributed by atoms with Crippen molar-refractivity contribution in [3.8, 4) is 0 Å². The molecule has 0 bridgehead atoms. The highest BCUT2D eigenvalue weighted by molar-refractivity contribution is 7.92. The van der Waals surface area contributed by atoms with E-state index in [1.165, 1.54) is 0 Å². The van der Waals surface area contributed by atoms with Crippen molar-refractivity contribution in [1.82, 2.24) is 5.32 Å². The topological polar surface area (TPSA) is 46.2 Å². The average molecular weight is 369 g/mol. The number of hydrogen-bond donors (Lipinski definition) is 1. The average Bonchev–Trinajstić information content (AvgIpc) is 2.31. The first kappa shape index (κ1) is 19.0. The summed E-state index contributed by atoms with van der Waals surface area (Å²) in [6.45, 7) is -2.33. The molecule has 0 spiro atoms. The smallest absolute Gasteiger partial charge is 0.300 e. The fraction of sp³-hybridized carbons (Fsp3) is 0.750. The molecule has 3 nitrogen and oxygen atoms in total. The lowest BCUT2D eigenvalue weighted by Crippen LogP contribution is -2.58. The van der Waals surface area contributed by atoms with Crippen LogP contribution in [0.5, 0.6) is 0 Å². The fourth-order valence-electron chi connectivity index (χ4n) is 1.79. The van der Waals surface area contributed by atoms with Gasteiger partial charge < -0.3 is 0 Å². The third-order valence-electron chi connectivity index (χ3n) is 2.81. The predicted molar refractivity (Wildman–Crippen MR) is 50.8 cm³/mol. The van der Waals surface area contributed by atoms with Gasteiger partial charge in [-0.25, -0.2) is 17.2 Å². The first-order valence-electron chi connectivity index (χ1n) is 5.03. The van der Waals surface area contributed by atoms with E-state index in [4.69, 9.17) is 0 Å². The minimum absolute atomic E-state index is 1.06. The number of hydrogen-bond acceptors (Lipinski definition) is 3. The molecule has 2 atom stereocenters. The van der Waals surface area contributed by atoms with Crippen molar-refractivity contribution >= 4 is 9.84 Å². The molecule has 0 aromatic rings. The van der Waals surface area contributed by atoms with Crippen LogP contribution < -0.4 is 5.32 Å². The number of sulfone groups is 1. The van der Waals surface area contributed by atoms with Crippen molar-refractivity contribution in [2.75, 3.05) is 12.4 Å². The quantitative estimate of drug-likeness (QED) is 0.668. The molecule has 1 aliphatic rings. The van der Waals surface area contributed by atoms with Crippen molar-refractivity contribution < 1.29 is 52.3 Å². The maximum Gasteiger partial charge on any atom is 0.441 e. The third kappa shape index (κ3) is 2.45. The molecular weight excluding hydrogens is 364 g/mol. The minimum atomic E-state index is -6.76. The Bertz CT molecular complexity index is 589. The van der Waals surface area contributed by atoms with Gasteiger partial charge >= 0.3 is 17.4 Å². The second-order valence-electron chi connectivity index (χ2n) is 4.21. The molecule has 1 fully saturated rings. The summed E-state index contributed by atoms with van der Waals surface area (Å²) >= 11 is 0. The largest absolute Gasteiger partial charge is 0.441 e. The molecule has 0 aromatic heterocycles. The second kappa shape index (κ2) is 4.97. The summed E-state index contributed by atoms with van der Waals surface area (Å²) in [5.41, 5.74) is -9.40. The number of halogens is 10. The van der Waals surface area contributed by atoms with Crippen LogP contribution in [-0.4, -0.2) is 43.9 Å². The molecule has 1 saturated heterocycles. The zero-order chi connectivity index (χ0) is 17.8. The Morgan fingerprint density at radius 2 is 1.45 bits per heavy atom. The Hall–Kier alpha value is -1.05. The summed E-state index contributed by atoms with van der Waals surface area (Å²) in [6.07, 6.45) is -17.3. The van der Waals surface area contributed by atoms with Gasteiger partial charge in [0.1, 0.15) is 11.4 Å². The minimum Gasteiger partial charge on any atom is -0.300 e. The summed E-state index contributed by atoms with van der Waals surface area (Å²) in [5.74, 6) is -2.12. The molecule has 1 rings (SSSR count). The van der Waals surface area contributed by atoms with Crippen LogP contribution in [0.25, 0.3) is 0 Å². The first-order chi connectivity index (χ1) is 9.52. The summed E-state index contributed by atoms with van der Waals surface area (Å²) in [4.78, 5) is 0. The van der Waals surface area contributed by atoms with Crippen molar-refractivity contribution in [2.24, 2.45) is 0 Å². The summed E-state index contributed by atoms with van der Waals surface area (Å²) in [6, 6.07) is 0. The zero-order valence-electron chi connectivity index (χ0n) is 9.92.